The Bertz CT molecular complexity index is 1340. The van der Waals surface area contributed by atoms with Crippen molar-refractivity contribution >= 4 is 40.9 Å². The predicted octanol–water partition coefficient (Wildman–Crippen LogP) is 5.39. The molecule has 2 aromatic rings. The molecule has 0 bridgehead atoms. The zero-order chi connectivity index (χ0) is 26.4. The SMILES string of the molecule is CCCN1c2cc(OC)c(/C=C3/C(=O)NC(=O)N(c4ccc(C)c(C)c4)C3=O)cc2C(C)=CC1(C)C. The van der Waals surface area contributed by atoms with Gasteiger partial charge in [0.15, 0.2) is 0 Å². The Morgan fingerprint density at radius 1 is 1.03 bits per heavy atom. The molecular formula is C29H33N3O4. The Hall–Kier alpha value is -3.87. The van der Waals surface area contributed by atoms with Gasteiger partial charge in [-0.3, -0.25) is 14.9 Å². The number of amides is 4. The number of barbiturate groups is 1. The summed E-state index contributed by atoms with van der Waals surface area (Å²) in [5.41, 5.74) is 5.86. The molecule has 0 aliphatic carbocycles. The molecule has 7 nitrogen and oxygen atoms in total. The molecule has 1 N–H and O–H groups in total. The summed E-state index contributed by atoms with van der Waals surface area (Å²) in [6, 6.07) is 8.45. The molecule has 0 spiro atoms. The van der Waals surface area contributed by atoms with E-state index in [1.807, 2.05) is 32.0 Å². The minimum Gasteiger partial charge on any atom is -0.496 e. The highest BCUT2D eigenvalue weighted by Crippen LogP contribution is 2.43. The lowest BCUT2D eigenvalue weighted by molar-refractivity contribution is -0.122. The molecule has 36 heavy (non-hydrogen) atoms. The van der Waals surface area contributed by atoms with E-state index in [9.17, 15) is 14.4 Å². The lowest BCUT2D eigenvalue weighted by atomic mass is 9.87. The summed E-state index contributed by atoms with van der Waals surface area (Å²) in [5.74, 6) is -0.860. The monoisotopic (exact) mass is 487 g/mol. The van der Waals surface area contributed by atoms with Gasteiger partial charge in [0.25, 0.3) is 11.8 Å². The number of hydrogen-bond acceptors (Lipinski definition) is 5. The molecule has 2 aromatic carbocycles. The van der Waals surface area contributed by atoms with Crippen LogP contribution in [0.4, 0.5) is 16.2 Å². The molecule has 1 fully saturated rings. The fraction of sp³-hybridized carbons (Fsp3) is 0.345. The number of fused-ring (bicyclic) bond motifs is 1. The number of benzene rings is 2. The summed E-state index contributed by atoms with van der Waals surface area (Å²) < 4.78 is 5.70. The quantitative estimate of drug-likeness (QED) is 0.452. The second-order valence-corrected chi connectivity index (χ2v) is 9.97. The number of carbonyl (C=O) groups excluding carboxylic acids is 3. The van der Waals surface area contributed by atoms with Crippen molar-refractivity contribution in [3.05, 3.63) is 64.2 Å². The summed E-state index contributed by atoms with van der Waals surface area (Å²) in [7, 11) is 1.57. The number of aryl methyl sites for hydroxylation is 2. The van der Waals surface area contributed by atoms with Gasteiger partial charge < -0.3 is 9.64 Å². The minimum absolute atomic E-state index is 0.130. The lowest BCUT2D eigenvalue weighted by Gasteiger charge is -2.43. The van der Waals surface area contributed by atoms with Crippen molar-refractivity contribution in [3.8, 4) is 5.75 Å². The molecule has 0 radical (unpaired) electrons. The molecule has 0 aromatic heterocycles. The normalized spacial score (nSPS) is 18.2. The lowest BCUT2D eigenvalue weighted by Crippen LogP contribution is -2.54. The van der Waals surface area contributed by atoms with Crippen LogP contribution in [0.5, 0.6) is 5.75 Å². The van der Waals surface area contributed by atoms with E-state index in [0.717, 1.165) is 45.8 Å². The Balaban J connectivity index is 1.82. The van der Waals surface area contributed by atoms with Gasteiger partial charge >= 0.3 is 6.03 Å². The largest absolute Gasteiger partial charge is 0.496 e. The van der Waals surface area contributed by atoms with Gasteiger partial charge in [0.1, 0.15) is 11.3 Å². The Morgan fingerprint density at radius 2 is 1.75 bits per heavy atom. The topological polar surface area (TPSA) is 79.0 Å². The van der Waals surface area contributed by atoms with Crippen LogP contribution in [0.15, 0.2) is 42.0 Å². The summed E-state index contributed by atoms with van der Waals surface area (Å²) in [6.07, 6.45) is 4.72. The van der Waals surface area contributed by atoms with E-state index in [1.54, 1.807) is 19.2 Å². The average Bonchev–Trinajstić information content (AvgIpc) is 2.81. The molecule has 2 aliphatic rings. The molecule has 2 heterocycles. The molecule has 0 unspecified atom stereocenters. The fourth-order valence-corrected chi connectivity index (χ4v) is 4.95. The van der Waals surface area contributed by atoms with Crippen LogP contribution < -0.4 is 19.9 Å². The number of methoxy groups -OCH3 is 1. The molecular weight excluding hydrogens is 454 g/mol. The first-order chi connectivity index (χ1) is 17.0. The Kier molecular flexibility index (Phi) is 6.52. The number of imide groups is 2. The van der Waals surface area contributed by atoms with E-state index in [2.05, 4.69) is 44.0 Å². The molecule has 1 saturated heterocycles. The molecule has 2 aliphatic heterocycles. The van der Waals surface area contributed by atoms with Gasteiger partial charge in [0.05, 0.1) is 18.3 Å². The maximum atomic E-state index is 13.4. The number of urea groups is 1. The molecule has 0 atom stereocenters. The van der Waals surface area contributed by atoms with Gasteiger partial charge in [-0.25, -0.2) is 9.69 Å². The molecule has 4 amide bonds. The standard InChI is InChI=1S/C29H33N3O4/c1-8-11-31-24-15-25(36-7)20(13-22(24)19(4)16-29(31,5)6)14-23-26(33)30-28(35)32(27(23)34)21-10-9-17(2)18(3)12-21/h9-10,12-16H,8,11H2,1-7H3,(H,30,33,35)/b23-14-. The first kappa shape index (κ1) is 25.2. The molecule has 4 rings (SSSR count). The predicted molar refractivity (Wildman–Crippen MR) is 143 cm³/mol. The zero-order valence-corrected chi connectivity index (χ0v) is 22.0. The van der Waals surface area contributed by atoms with Gasteiger partial charge in [-0.1, -0.05) is 19.1 Å². The van der Waals surface area contributed by atoms with Gasteiger partial charge in [-0.2, -0.15) is 0 Å². The maximum absolute atomic E-state index is 13.4. The smallest absolute Gasteiger partial charge is 0.335 e. The molecule has 7 heteroatoms. The number of allylic oxidation sites excluding steroid dienone is 1. The third-order valence-electron chi connectivity index (χ3n) is 6.93. The van der Waals surface area contributed by atoms with Crippen LogP contribution in [0.2, 0.25) is 0 Å². The van der Waals surface area contributed by atoms with Crippen molar-refractivity contribution in [2.45, 2.75) is 53.5 Å². The van der Waals surface area contributed by atoms with E-state index in [0.29, 0.717) is 17.0 Å². The van der Waals surface area contributed by atoms with E-state index in [-0.39, 0.29) is 11.1 Å². The number of nitrogens with one attached hydrogen (secondary N) is 1. The highest BCUT2D eigenvalue weighted by molar-refractivity contribution is 6.39. The summed E-state index contributed by atoms with van der Waals surface area (Å²) in [6.45, 7) is 13.3. The van der Waals surface area contributed by atoms with Crippen molar-refractivity contribution < 1.29 is 19.1 Å². The van der Waals surface area contributed by atoms with Crippen LogP contribution in [0.25, 0.3) is 11.6 Å². The number of ether oxygens (including phenoxy) is 1. The van der Waals surface area contributed by atoms with Gasteiger partial charge in [0, 0.05) is 29.4 Å². The summed E-state index contributed by atoms with van der Waals surface area (Å²) >= 11 is 0. The fourth-order valence-electron chi connectivity index (χ4n) is 4.95. The highest BCUT2D eigenvalue weighted by atomic mass is 16.5. The van der Waals surface area contributed by atoms with Crippen LogP contribution in [0.3, 0.4) is 0 Å². The third kappa shape index (κ3) is 4.30. The summed E-state index contributed by atoms with van der Waals surface area (Å²) in [4.78, 5) is 42.2. The zero-order valence-electron chi connectivity index (χ0n) is 22.0. The van der Waals surface area contributed by atoms with Gasteiger partial charge in [-0.15, -0.1) is 0 Å². The van der Waals surface area contributed by atoms with E-state index >= 15 is 0 Å². The van der Waals surface area contributed by atoms with Crippen LogP contribution in [0, 0.1) is 13.8 Å². The third-order valence-corrected chi connectivity index (χ3v) is 6.93. The number of anilines is 2. The molecule has 188 valence electrons. The van der Waals surface area contributed by atoms with Crippen molar-refractivity contribution in [3.63, 3.8) is 0 Å². The van der Waals surface area contributed by atoms with E-state index in [1.165, 1.54) is 6.08 Å². The van der Waals surface area contributed by atoms with E-state index in [4.69, 9.17) is 4.74 Å². The number of hydrogen-bond donors (Lipinski definition) is 1. The van der Waals surface area contributed by atoms with E-state index < -0.39 is 17.8 Å². The number of rotatable bonds is 5. The van der Waals surface area contributed by atoms with Gasteiger partial charge in [0.2, 0.25) is 0 Å². The van der Waals surface area contributed by atoms with Crippen LogP contribution >= 0.6 is 0 Å². The van der Waals surface area contributed by atoms with Crippen LogP contribution in [-0.2, 0) is 9.59 Å². The highest BCUT2D eigenvalue weighted by Gasteiger charge is 2.37. The van der Waals surface area contributed by atoms with Crippen LogP contribution in [-0.4, -0.2) is 37.0 Å². The van der Waals surface area contributed by atoms with Crippen molar-refractivity contribution in [2.24, 2.45) is 0 Å². The first-order valence-corrected chi connectivity index (χ1v) is 12.2. The average molecular weight is 488 g/mol. The number of nitrogens with zero attached hydrogens (tertiary/aromatic N) is 2. The number of carbonyl (C=O) groups is 3. The van der Waals surface area contributed by atoms with Crippen molar-refractivity contribution in [1.82, 2.24) is 5.32 Å². The molecule has 0 saturated carbocycles. The van der Waals surface area contributed by atoms with Crippen LogP contribution in [0.1, 0.15) is 56.4 Å². The first-order valence-electron chi connectivity index (χ1n) is 12.2. The van der Waals surface area contributed by atoms with Crippen molar-refractivity contribution in [1.29, 1.82) is 0 Å². The second kappa shape index (κ2) is 9.30. The minimum atomic E-state index is -0.765. The Labute approximate surface area is 212 Å². The second-order valence-electron chi connectivity index (χ2n) is 9.97. The maximum Gasteiger partial charge on any atom is 0.335 e. The Morgan fingerprint density at radius 3 is 2.39 bits per heavy atom. The summed E-state index contributed by atoms with van der Waals surface area (Å²) in [5, 5.41) is 2.30. The van der Waals surface area contributed by atoms with Crippen molar-refractivity contribution in [2.75, 3.05) is 23.5 Å². The van der Waals surface area contributed by atoms with Gasteiger partial charge in [-0.05, 0) is 82.0 Å².